The molecule has 0 aliphatic carbocycles. The van der Waals surface area contributed by atoms with E-state index >= 15 is 0 Å². The molecule has 0 aliphatic heterocycles. The number of hydrogen-bond acceptors (Lipinski definition) is 3. The lowest BCUT2D eigenvalue weighted by atomic mass is 9.93. The van der Waals surface area contributed by atoms with E-state index in [0.717, 1.165) is 0 Å². The van der Waals surface area contributed by atoms with E-state index in [9.17, 15) is 19.4 Å². The van der Waals surface area contributed by atoms with Gasteiger partial charge in [-0.15, -0.1) is 0 Å². The van der Waals surface area contributed by atoms with E-state index in [1.54, 1.807) is 6.92 Å². The van der Waals surface area contributed by atoms with E-state index in [0.29, 0.717) is 23.6 Å². The van der Waals surface area contributed by atoms with Crippen molar-refractivity contribution in [3.05, 3.63) is 34.6 Å². The Labute approximate surface area is 107 Å². The molecule has 2 N–H and O–H groups in total. The molecule has 2 atom stereocenters. The number of aryl methyl sites for hydroxylation is 1. The second kappa shape index (κ2) is 6.23. The van der Waals surface area contributed by atoms with Crippen molar-refractivity contribution in [3.8, 4) is 0 Å². The summed E-state index contributed by atoms with van der Waals surface area (Å²) in [5.74, 6) is -0.689. The first-order valence-electron chi connectivity index (χ1n) is 5.19. The summed E-state index contributed by atoms with van der Waals surface area (Å²) >= 11 is 3.14. The topological polar surface area (TPSA) is 57.5 Å². The maximum Gasteiger partial charge on any atom is 0.153 e. The molecule has 1 aromatic rings. The van der Waals surface area contributed by atoms with Crippen molar-refractivity contribution in [1.82, 2.24) is 0 Å². The second-order valence-electron chi connectivity index (χ2n) is 3.80. The number of benzene rings is 1. The summed E-state index contributed by atoms with van der Waals surface area (Å²) in [6, 6.07) is 2.65. The van der Waals surface area contributed by atoms with Crippen LogP contribution in [0.1, 0.15) is 34.0 Å². The highest BCUT2D eigenvalue weighted by Crippen LogP contribution is 2.27. The van der Waals surface area contributed by atoms with Gasteiger partial charge in [0, 0.05) is 5.33 Å². The molecule has 1 aromatic carbocycles. The molecule has 0 bridgehead atoms. The van der Waals surface area contributed by atoms with Crippen LogP contribution in [0.2, 0.25) is 0 Å². The predicted molar refractivity (Wildman–Crippen MR) is 65.9 cm³/mol. The molecule has 0 saturated carbocycles. The Hall–Kier alpha value is -0.780. The molecule has 5 heteroatoms. The maximum absolute atomic E-state index is 13.4. The first-order chi connectivity index (χ1) is 8.02. The molecule has 0 aromatic heterocycles. The number of halogens is 2. The zero-order chi connectivity index (χ0) is 13.0. The lowest BCUT2D eigenvalue weighted by Gasteiger charge is -2.21. The highest BCUT2D eigenvalue weighted by molar-refractivity contribution is 9.09. The SMILES string of the molecule is Cc1ccc(F)c(C=O)c1C(O)C(O)CCBr. The van der Waals surface area contributed by atoms with Crippen LogP contribution in [0.4, 0.5) is 4.39 Å². The molecule has 0 heterocycles. The molecule has 1 rings (SSSR count). The highest BCUT2D eigenvalue weighted by Gasteiger charge is 2.24. The van der Waals surface area contributed by atoms with E-state index in [2.05, 4.69) is 15.9 Å². The van der Waals surface area contributed by atoms with Crippen molar-refractivity contribution >= 4 is 22.2 Å². The zero-order valence-electron chi connectivity index (χ0n) is 9.36. The first-order valence-corrected chi connectivity index (χ1v) is 6.31. The summed E-state index contributed by atoms with van der Waals surface area (Å²) in [5, 5.41) is 20.1. The highest BCUT2D eigenvalue weighted by atomic mass is 79.9. The van der Waals surface area contributed by atoms with Gasteiger partial charge in [-0.3, -0.25) is 4.79 Å². The van der Waals surface area contributed by atoms with Crippen LogP contribution in [0.15, 0.2) is 12.1 Å². The molecule has 0 radical (unpaired) electrons. The number of hydrogen-bond donors (Lipinski definition) is 2. The Morgan fingerprint density at radius 2 is 2.12 bits per heavy atom. The minimum atomic E-state index is -1.26. The number of aliphatic hydroxyl groups is 2. The van der Waals surface area contributed by atoms with Gasteiger partial charge in [0.2, 0.25) is 0 Å². The third-order valence-electron chi connectivity index (χ3n) is 2.63. The molecule has 0 spiro atoms. The Morgan fingerprint density at radius 3 is 2.65 bits per heavy atom. The quantitative estimate of drug-likeness (QED) is 0.647. The largest absolute Gasteiger partial charge is 0.390 e. The van der Waals surface area contributed by atoms with Crippen molar-refractivity contribution in [2.45, 2.75) is 25.6 Å². The van der Waals surface area contributed by atoms with Crippen molar-refractivity contribution in [2.24, 2.45) is 0 Å². The Morgan fingerprint density at radius 1 is 1.47 bits per heavy atom. The third-order valence-corrected chi connectivity index (χ3v) is 3.09. The Kier molecular flexibility index (Phi) is 5.24. The minimum Gasteiger partial charge on any atom is -0.390 e. The van der Waals surface area contributed by atoms with Crippen molar-refractivity contribution in [2.75, 3.05) is 5.33 Å². The molecule has 94 valence electrons. The third kappa shape index (κ3) is 3.12. The van der Waals surface area contributed by atoms with Gasteiger partial charge in [-0.2, -0.15) is 0 Å². The normalized spacial score (nSPS) is 14.4. The van der Waals surface area contributed by atoms with E-state index in [1.165, 1.54) is 12.1 Å². The monoisotopic (exact) mass is 304 g/mol. The summed E-state index contributed by atoms with van der Waals surface area (Å²) < 4.78 is 13.4. The van der Waals surface area contributed by atoms with Crippen LogP contribution in [-0.2, 0) is 0 Å². The van der Waals surface area contributed by atoms with Crippen LogP contribution < -0.4 is 0 Å². The van der Waals surface area contributed by atoms with Gasteiger partial charge in [0.05, 0.1) is 11.7 Å². The maximum atomic E-state index is 13.4. The molecule has 3 nitrogen and oxygen atoms in total. The number of rotatable bonds is 5. The minimum absolute atomic E-state index is 0.161. The second-order valence-corrected chi connectivity index (χ2v) is 4.59. The Bertz CT molecular complexity index is 409. The van der Waals surface area contributed by atoms with Crippen LogP contribution in [0.3, 0.4) is 0 Å². The average molecular weight is 305 g/mol. The number of carbonyl (C=O) groups is 1. The van der Waals surface area contributed by atoms with Crippen LogP contribution in [0.25, 0.3) is 0 Å². The zero-order valence-corrected chi connectivity index (χ0v) is 10.9. The molecule has 0 saturated heterocycles. The molecule has 0 fully saturated rings. The van der Waals surface area contributed by atoms with Crippen LogP contribution in [0.5, 0.6) is 0 Å². The van der Waals surface area contributed by atoms with Crippen molar-refractivity contribution < 1.29 is 19.4 Å². The lowest BCUT2D eigenvalue weighted by molar-refractivity contribution is 0.0164. The number of carbonyl (C=O) groups excluding carboxylic acids is 1. The van der Waals surface area contributed by atoms with Crippen LogP contribution >= 0.6 is 15.9 Å². The van der Waals surface area contributed by atoms with Gasteiger partial charge in [0.15, 0.2) is 6.29 Å². The van der Waals surface area contributed by atoms with Crippen LogP contribution in [0, 0.1) is 12.7 Å². The number of aldehydes is 1. The average Bonchev–Trinajstić information content (AvgIpc) is 2.31. The summed E-state index contributed by atoms with van der Waals surface area (Å²) in [5.41, 5.74) is 0.550. The number of alkyl halides is 1. The molecule has 0 amide bonds. The molecule has 0 aliphatic rings. The van der Waals surface area contributed by atoms with Gasteiger partial charge in [0.25, 0.3) is 0 Å². The molecular formula is C12H14BrFO3. The fraction of sp³-hybridized carbons (Fsp3) is 0.417. The summed E-state index contributed by atoms with van der Waals surface area (Å²) in [4.78, 5) is 10.8. The summed E-state index contributed by atoms with van der Waals surface area (Å²) in [6.45, 7) is 1.66. The molecule has 17 heavy (non-hydrogen) atoms. The standard InChI is InChI=1S/C12H14BrFO3/c1-7-2-3-9(14)8(6-15)11(7)12(17)10(16)4-5-13/h2-3,6,10,12,16-17H,4-5H2,1H3. The summed E-state index contributed by atoms with van der Waals surface area (Å²) in [7, 11) is 0. The Balaban J connectivity index is 3.19. The predicted octanol–water partition coefficient (Wildman–Crippen LogP) is 2.13. The molecule has 2 unspecified atom stereocenters. The smallest absolute Gasteiger partial charge is 0.153 e. The first kappa shape index (κ1) is 14.3. The van der Waals surface area contributed by atoms with E-state index in [4.69, 9.17) is 0 Å². The van der Waals surface area contributed by atoms with Gasteiger partial charge in [-0.1, -0.05) is 22.0 Å². The fourth-order valence-electron chi connectivity index (χ4n) is 1.69. The van der Waals surface area contributed by atoms with Crippen molar-refractivity contribution in [3.63, 3.8) is 0 Å². The van der Waals surface area contributed by atoms with Gasteiger partial charge in [0.1, 0.15) is 11.9 Å². The number of aliphatic hydroxyl groups excluding tert-OH is 2. The van der Waals surface area contributed by atoms with Gasteiger partial charge in [-0.05, 0) is 30.5 Å². The van der Waals surface area contributed by atoms with E-state index in [-0.39, 0.29) is 11.1 Å². The van der Waals surface area contributed by atoms with Gasteiger partial charge >= 0.3 is 0 Å². The molecular weight excluding hydrogens is 291 g/mol. The lowest BCUT2D eigenvalue weighted by Crippen LogP contribution is -2.21. The van der Waals surface area contributed by atoms with E-state index in [1.807, 2.05) is 0 Å². The van der Waals surface area contributed by atoms with Crippen LogP contribution in [-0.4, -0.2) is 27.9 Å². The van der Waals surface area contributed by atoms with E-state index < -0.39 is 18.0 Å². The summed E-state index contributed by atoms with van der Waals surface area (Å²) in [6.07, 6.45) is -1.62. The fourth-order valence-corrected chi connectivity index (χ4v) is 2.16. The van der Waals surface area contributed by atoms with Gasteiger partial charge < -0.3 is 10.2 Å². The van der Waals surface area contributed by atoms with Gasteiger partial charge in [-0.25, -0.2) is 4.39 Å². The van der Waals surface area contributed by atoms with Crippen molar-refractivity contribution in [1.29, 1.82) is 0 Å².